The lowest BCUT2D eigenvalue weighted by Gasteiger charge is -2.39. The maximum Gasteiger partial charge on any atom is 0.334 e. The predicted octanol–water partition coefficient (Wildman–Crippen LogP) is 1.97. The molecule has 0 radical (unpaired) electrons. The average Bonchev–Trinajstić information content (AvgIpc) is 3.03. The van der Waals surface area contributed by atoms with E-state index in [-0.39, 0.29) is 24.1 Å². The van der Waals surface area contributed by atoms with Crippen LogP contribution in [0.5, 0.6) is 0 Å². The topological polar surface area (TPSA) is 46.5 Å². The van der Waals surface area contributed by atoms with Crippen LogP contribution in [0.1, 0.15) is 33.1 Å². The van der Waals surface area contributed by atoms with Gasteiger partial charge in [0.2, 0.25) is 0 Å². The minimum absolute atomic E-state index is 0.00513. The lowest BCUT2D eigenvalue weighted by molar-refractivity contribution is -0.141. The van der Waals surface area contributed by atoms with Gasteiger partial charge in [0.05, 0.1) is 6.61 Å². The number of esters is 1. The zero-order valence-electron chi connectivity index (χ0n) is 10.8. The SMILES string of the molecule is CC1=C2CC3=C(CO)[C@H]4C[C@H]4[C@]3(C)C[C@@H]2OC1=O. The molecule has 3 aliphatic carbocycles. The molecule has 0 saturated heterocycles. The molecule has 18 heavy (non-hydrogen) atoms. The number of fused-ring (bicyclic) bond motifs is 4. The molecule has 1 heterocycles. The Morgan fingerprint density at radius 1 is 1.50 bits per heavy atom. The van der Waals surface area contributed by atoms with E-state index >= 15 is 0 Å². The molecule has 1 N–H and O–H groups in total. The minimum atomic E-state index is -0.142. The standard InChI is InChI=1S/C15H18O3/c1-7-8-3-12-10(6-16)9-4-11(9)15(12,2)5-13(8)18-14(7)17/h9,11,13,16H,3-6H2,1-2H3/t9-,11-,13+,15+/m1/s1. The van der Waals surface area contributed by atoms with Gasteiger partial charge < -0.3 is 9.84 Å². The van der Waals surface area contributed by atoms with E-state index < -0.39 is 0 Å². The highest BCUT2D eigenvalue weighted by Gasteiger charge is 2.62. The number of hydrogen-bond acceptors (Lipinski definition) is 3. The first-order valence-electron chi connectivity index (χ1n) is 6.80. The Balaban J connectivity index is 1.82. The molecular formula is C15H18O3. The fraction of sp³-hybridized carbons (Fsp3) is 0.667. The van der Waals surface area contributed by atoms with E-state index in [1.165, 1.54) is 23.1 Å². The van der Waals surface area contributed by atoms with Gasteiger partial charge in [-0.1, -0.05) is 12.5 Å². The molecule has 0 unspecified atom stereocenters. The molecule has 4 atom stereocenters. The van der Waals surface area contributed by atoms with E-state index in [1.54, 1.807) is 0 Å². The van der Waals surface area contributed by atoms with Gasteiger partial charge >= 0.3 is 5.97 Å². The van der Waals surface area contributed by atoms with E-state index in [0.29, 0.717) is 11.8 Å². The summed E-state index contributed by atoms with van der Waals surface area (Å²) in [6.07, 6.45) is 2.99. The molecule has 0 aromatic rings. The summed E-state index contributed by atoms with van der Waals surface area (Å²) in [7, 11) is 0. The van der Waals surface area contributed by atoms with Crippen molar-refractivity contribution in [3.8, 4) is 0 Å². The van der Waals surface area contributed by atoms with Gasteiger partial charge in [-0.2, -0.15) is 0 Å². The van der Waals surface area contributed by atoms with Crippen LogP contribution < -0.4 is 0 Å². The number of ether oxygens (including phenoxy) is 1. The molecule has 0 bridgehead atoms. The molecule has 2 saturated carbocycles. The van der Waals surface area contributed by atoms with Crippen LogP contribution in [0.3, 0.4) is 0 Å². The molecule has 2 fully saturated rings. The summed E-state index contributed by atoms with van der Waals surface area (Å²) in [4.78, 5) is 11.7. The molecule has 96 valence electrons. The summed E-state index contributed by atoms with van der Waals surface area (Å²) in [6.45, 7) is 4.36. The number of aliphatic hydroxyl groups is 1. The van der Waals surface area contributed by atoms with Crippen molar-refractivity contribution in [2.24, 2.45) is 17.3 Å². The van der Waals surface area contributed by atoms with Crippen LogP contribution in [0, 0.1) is 17.3 Å². The highest BCUT2D eigenvalue weighted by atomic mass is 16.5. The van der Waals surface area contributed by atoms with Gasteiger partial charge in [-0.05, 0) is 54.6 Å². The molecular weight excluding hydrogens is 228 g/mol. The third-order valence-electron chi connectivity index (χ3n) is 5.71. The maximum absolute atomic E-state index is 11.7. The highest BCUT2D eigenvalue weighted by molar-refractivity contribution is 5.92. The van der Waals surface area contributed by atoms with Crippen molar-refractivity contribution in [2.75, 3.05) is 6.61 Å². The molecule has 3 heteroatoms. The molecule has 1 aliphatic heterocycles. The number of allylic oxidation sites excluding steroid dienone is 1. The summed E-state index contributed by atoms with van der Waals surface area (Å²) in [5.74, 6) is 1.17. The zero-order valence-corrected chi connectivity index (χ0v) is 10.8. The van der Waals surface area contributed by atoms with E-state index in [1.807, 2.05) is 6.92 Å². The molecule has 3 nitrogen and oxygen atoms in total. The first kappa shape index (κ1) is 10.8. The van der Waals surface area contributed by atoms with Crippen molar-refractivity contribution in [1.82, 2.24) is 0 Å². The summed E-state index contributed by atoms with van der Waals surface area (Å²) >= 11 is 0. The number of carbonyl (C=O) groups excluding carboxylic acids is 1. The van der Waals surface area contributed by atoms with E-state index in [4.69, 9.17) is 4.74 Å². The molecule has 0 aromatic heterocycles. The first-order valence-corrected chi connectivity index (χ1v) is 6.80. The summed E-state index contributed by atoms with van der Waals surface area (Å²) in [5, 5.41) is 9.60. The van der Waals surface area contributed by atoms with E-state index in [9.17, 15) is 9.90 Å². The van der Waals surface area contributed by atoms with Crippen LogP contribution in [0.25, 0.3) is 0 Å². The van der Waals surface area contributed by atoms with Crippen LogP contribution in [-0.2, 0) is 9.53 Å². The van der Waals surface area contributed by atoms with Crippen LogP contribution >= 0.6 is 0 Å². The summed E-state index contributed by atoms with van der Waals surface area (Å²) in [6, 6.07) is 0. The Morgan fingerprint density at radius 3 is 3.00 bits per heavy atom. The van der Waals surface area contributed by atoms with Gasteiger partial charge in [-0.15, -0.1) is 0 Å². The smallest absolute Gasteiger partial charge is 0.334 e. The Morgan fingerprint density at radius 2 is 2.28 bits per heavy atom. The fourth-order valence-corrected chi connectivity index (χ4v) is 4.55. The Bertz CT molecular complexity index is 528. The fourth-order valence-electron chi connectivity index (χ4n) is 4.55. The van der Waals surface area contributed by atoms with Crippen LogP contribution in [-0.4, -0.2) is 23.8 Å². The van der Waals surface area contributed by atoms with Crippen molar-refractivity contribution < 1.29 is 14.6 Å². The largest absolute Gasteiger partial charge is 0.454 e. The van der Waals surface area contributed by atoms with Crippen molar-refractivity contribution >= 4 is 5.97 Å². The van der Waals surface area contributed by atoms with Gasteiger partial charge in [0, 0.05) is 5.57 Å². The maximum atomic E-state index is 11.7. The second-order valence-electron chi connectivity index (χ2n) is 6.45. The van der Waals surface area contributed by atoms with Gasteiger partial charge in [0.25, 0.3) is 0 Å². The molecule has 4 aliphatic rings. The van der Waals surface area contributed by atoms with Crippen LogP contribution in [0.2, 0.25) is 0 Å². The molecule has 0 aromatic carbocycles. The molecule has 4 rings (SSSR count). The highest BCUT2D eigenvalue weighted by Crippen LogP contribution is 2.69. The van der Waals surface area contributed by atoms with Crippen molar-refractivity contribution in [3.05, 3.63) is 22.3 Å². The van der Waals surface area contributed by atoms with Crippen LogP contribution in [0.15, 0.2) is 22.3 Å². The molecule has 0 spiro atoms. The van der Waals surface area contributed by atoms with Gasteiger partial charge in [0.1, 0.15) is 6.10 Å². The third-order valence-corrected chi connectivity index (χ3v) is 5.71. The Labute approximate surface area is 107 Å². The number of aliphatic hydroxyl groups excluding tert-OH is 1. The number of rotatable bonds is 1. The van der Waals surface area contributed by atoms with Gasteiger partial charge in [-0.3, -0.25) is 0 Å². The third kappa shape index (κ3) is 1.07. The van der Waals surface area contributed by atoms with Gasteiger partial charge in [-0.25, -0.2) is 4.79 Å². The second kappa shape index (κ2) is 3.08. The Hall–Kier alpha value is -1.09. The van der Waals surface area contributed by atoms with Crippen molar-refractivity contribution in [3.63, 3.8) is 0 Å². The zero-order chi connectivity index (χ0) is 12.7. The van der Waals surface area contributed by atoms with Crippen molar-refractivity contribution in [2.45, 2.75) is 39.2 Å². The number of hydrogen-bond donors (Lipinski definition) is 1. The average molecular weight is 246 g/mol. The summed E-state index contributed by atoms with van der Waals surface area (Å²) in [5.41, 5.74) is 4.81. The lowest BCUT2D eigenvalue weighted by Crippen LogP contribution is -2.33. The summed E-state index contributed by atoms with van der Waals surface area (Å²) < 4.78 is 5.49. The van der Waals surface area contributed by atoms with Crippen molar-refractivity contribution in [1.29, 1.82) is 0 Å². The predicted molar refractivity (Wildman–Crippen MR) is 65.6 cm³/mol. The monoisotopic (exact) mass is 246 g/mol. The molecule has 0 amide bonds. The first-order chi connectivity index (χ1) is 8.56. The van der Waals surface area contributed by atoms with E-state index in [0.717, 1.165) is 18.4 Å². The van der Waals surface area contributed by atoms with Crippen LogP contribution in [0.4, 0.5) is 0 Å². The second-order valence-corrected chi connectivity index (χ2v) is 6.45. The normalized spacial score (nSPS) is 44.8. The lowest BCUT2D eigenvalue weighted by atomic mass is 9.67. The number of carbonyl (C=O) groups is 1. The Kier molecular flexibility index (Phi) is 1.85. The van der Waals surface area contributed by atoms with E-state index in [2.05, 4.69) is 6.92 Å². The minimum Gasteiger partial charge on any atom is -0.454 e. The quantitative estimate of drug-likeness (QED) is 0.568. The van der Waals surface area contributed by atoms with Gasteiger partial charge in [0.15, 0.2) is 0 Å².